The molecule has 1 fully saturated rings. The molecule has 1 aliphatic rings. The molecule has 1 saturated carbocycles. The van der Waals surface area contributed by atoms with Crippen LogP contribution in [0.2, 0.25) is 0 Å². The van der Waals surface area contributed by atoms with Crippen LogP contribution in [0.4, 0.5) is 0 Å². The number of rotatable bonds is 6. The maximum atomic E-state index is 11.5. The number of halogens is 1. The molecule has 4 nitrogen and oxygen atoms in total. The Morgan fingerprint density at radius 1 is 1.39 bits per heavy atom. The summed E-state index contributed by atoms with van der Waals surface area (Å²) in [6.07, 6.45) is 2.38. The normalized spacial score (nSPS) is 15.4. The maximum absolute atomic E-state index is 11.5. The first-order valence-corrected chi connectivity index (χ1v) is 5.96. The third-order valence-corrected chi connectivity index (χ3v) is 2.88. The van der Waals surface area contributed by atoms with Crippen LogP contribution in [0.1, 0.15) is 12.8 Å². The van der Waals surface area contributed by atoms with Crippen molar-refractivity contribution < 1.29 is 9.53 Å². The van der Waals surface area contributed by atoms with Crippen molar-refractivity contribution >= 4 is 18.3 Å². The molecule has 1 aromatic carbocycles. The van der Waals surface area contributed by atoms with E-state index in [-0.39, 0.29) is 31.0 Å². The number of nitrogens with two attached hydrogens (primary N) is 1. The Morgan fingerprint density at radius 2 is 2.06 bits per heavy atom. The molecular weight excluding hydrogens is 252 g/mol. The molecule has 18 heavy (non-hydrogen) atoms. The minimum atomic E-state index is -0.120. The summed E-state index contributed by atoms with van der Waals surface area (Å²) in [4.78, 5) is 11.5. The van der Waals surface area contributed by atoms with Gasteiger partial charge in [-0.2, -0.15) is 0 Å². The Labute approximate surface area is 113 Å². The molecule has 3 N–H and O–H groups in total. The second kappa shape index (κ2) is 7.24. The largest absolute Gasteiger partial charge is 0.484 e. The molecule has 5 heteroatoms. The predicted molar refractivity (Wildman–Crippen MR) is 72.9 cm³/mol. The number of hydrogen-bond donors (Lipinski definition) is 2. The van der Waals surface area contributed by atoms with Gasteiger partial charge in [0, 0.05) is 12.6 Å². The van der Waals surface area contributed by atoms with Crippen molar-refractivity contribution in [1.82, 2.24) is 5.32 Å². The molecule has 1 unspecified atom stereocenters. The summed E-state index contributed by atoms with van der Waals surface area (Å²) in [5, 5.41) is 2.79. The van der Waals surface area contributed by atoms with Crippen molar-refractivity contribution in [2.75, 3.05) is 13.2 Å². The Kier molecular flexibility index (Phi) is 5.95. The van der Waals surface area contributed by atoms with Crippen LogP contribution in [-0.2, 0) is 4.79 Å². The van der Waals surface area contributed by atoms with Gasteiger partial charge >= 0.3 is 0 Å². The molecule has 0 heterocycles. The number of carbonyl (C=O) groups excluding carboxylic acids is 1. The standard InChI is InChI=1S/C13H18N2O2.ClH/c14-12(10-6-7-10)8-15-13(16)9-17-11-4-2-1-3-5-11;/h1-5,10,12H,6-9,14H2,(H,15,16);1H. The lowest BCUT2D eigenvalue weighted by atomic mass is 10.2. The van der Waals surface area contributed by atoms with E-state index in [9.17, 15) is 4.79 Å². The van der Waals surface area contributed by atoms with Crippen LogP contribution >= 0.6 is 12.4 Å². The van der Waals surface area contributed by atoms with E-state index in [0.29, 0.717) is 18.2 Å². The fourth-order valence-electron chi connectivity index (χ4n) is 1.64. The first-order valence-electron chi connectivity index (χ1n) is 5.96. The zero-order valence-electron chi connectivity index (χ0n) is 10.2. The second-order valence-electron chi connectivity index (χ2n) is 4.41. The van der Waals surface area contributed by atoms with E-state index in [1.54, 1.807) is 0 Å². The van der Waals surface area contributed by atoms with Crippen LogP contribution < -0.4 is 15.8 Å². The van der Waals surface area contributed by atoms with Crippen molar-refractivity contribution in [2.45, 2.75) is 18.9 Å². The van der Waals surface area contributed by atoms with E-state index in [4.69, 9.17) is 10.5 Å². The van der Waals surface area contributed by atoms with E-state index in [1.165, 1.54) is 12.8 Å². The molecule has 1 atom stereocenters. The Hall–Kier alpha value is -1.26. The molecule has 0 bridgehead atoms. The van der Waals surface area contributed by atoms with Gasteiger partial charge in [0.2, 0.25) is 0 Å². The fraction of sp³-hybridized carbons (Fsp3) is 0.462. The van der Waals surface area contributed by atoms with Gasteiger partial charge in [0.15, 0.2) is 6.61 Å². The van der Waals surface area contributed by atoms with Crippen molar-refractivity contribution in [2.24, 2.45) is 11.7 Å². The summed E-state index contributed by atoms with van der Waals surface area (Å²) < 4.78 is 5.32. The van der Waals surface area contributed by atoms with Gasteiger partial charge in [-0.05, 0) is 30.9 Å². The fourth-order valence-corrected chi connectivity index (χ4v) is 1.64. The van der Waals surface area contributed by atoms with Crippen molar-refractivity contribution in [3.63, 3.8) is 0 Å². The number of carbonyl (C=O) groups is 1. The number of amides is 1. The Morgan fingerprint density at radius 3 is 2.67 bits per heavy atom. The summed E-state index contributed by atoms with van der Waals surface area (Å²) in [6.45, 7) is 0.586. The number of para-hydroxylation sites is 1. The third kappa shape index (κ3) is 4.94. The smallest absolute Gasteiger partial charge is 0.257 e. The van der Waals surface area contributed by atoms with Crippen molar-refractivity contribution in [1.29, 1.82) is 0 Å². The SMILES string of the molecule is Cl.NC(CNC(=O)COc1ccccc1)C1CC1. The Bertz CT molecular complexity index is 369. The van der Waals surface area contributed by atoms with Crippen LogP contribution in [0.25, 0.3) is 0 Å². The first-order chi connectivity index (χ1) is 8.25. The molecule has 2 rings (SSSR count). The van der Waals surface area contributed by atoms with Crippen LogP contribution in [0.5, 0.6) is 5.75 Å². The zero-order chi connectivity index (χ0) is 12.1. The highest BCUT2D eigenvalue weighted by atomic mass is 35.5. The maximum Gasteiger partial charge on any atom is 0.257 e. The van der Waals surface area contributed by atoms with Crippen molar-refractivity contribution in [3.8, 4) is 5.75 Å². The molecule has 0 spiro atoms. The summed E-state index contributed by atoms with van der Waals surface area (Å²) in [5.74, 6) is 1.18. The van der Waals surface area contributed by atoms with Crippen LogP contribution in [-0.4, -0.2) is 25.1 Å². The lowest BCUT2D eigenvalue weighted by molar-refractivity contribution is -0.123. The van der Waals surface area contributed by atoms with Gasteiger partial charge in [-0.1, -0.05) is 18.2 Å². The highest BCUT2D eigenvalue weighted by Gasteiger charge is 2.28. The van der Waals surface area contributed by atoms with E-state index in [1.807, 2.05) is 30.3 Å². The first kappa shape index (κ1) is 14.8. The predicted octanol–water partition coefficient (Wildman–Crippen LogP) is 1.34. The summed E-state index contributed by atoms with van der Waals surface area (Å²) in [7, 11) is 0. The van der Waals surface area contributed by atoms with Gasteiger partial charge in [-0.15, -0.1) is 12.4 Å². The van der Waals surface area contributed by atoms with Gasteiger partial charge in [-0.3, -0.25) is 4.79 Å². The number of hydrogen-bond acceptors (Lipinski definition) is 3. The molecule has 1 amide bonds. The minimum absolute atomic E-state index is 0. The van der Waals surface area contributed by atoms with Crippen LogP contribution in [0.15, 0.2) is 30.3 Å². The van der Waals surface area contributed by atoms with Crippen LogP contribution in [0, 0.1) is 5.92 Å². The van der Waals surface area contributed by atoms with Gasteiger partial charge in [-0.25, -0.2) is 0 Å². The van der Waals surface area contributed by atoms with Gasteiger partial charge in [0.05, 0.1) is 0 Å². The molecule has 1 aliphatic carbocycles. The lowest BCUT2D eigenvalue weighted by Crippen LogP contribution is -2.40. The molecular formula is C13H19ClN2O2. The lowest BCUT2D eigenvalue weighted by Gasteiger charge is -2.12. The number of nitrogens with one attached hydrogen (secondary N) is 1. The highest BCUT2D eigenvalue weighted by molar-refractivity contribution is 5.85. The molecule has 100 valence electrons. The van der Waals surface area contributed by atoms with Gasteiger partial charge in [0.25, 0.3) is 5.91 Å². The van der Waals surface area contributed by atoms with E-state index in [2.05, 4.69) is 5.32 Å². The molecule has 0 aromatic heterocycles. The summed E-state index contributed by atoms with van der Waals surface area (Å²) in [5.41, 5.74) is 5.88. The quantitative estimate of drug-likeness (QED) is 0.820. The van der Waals surface area contributed by atoms with Crippen molar-refractivity contribution in [3.05, 3.63) is 30.3 Å². The topological polar surface area (TPSA) is 64.3 Å². The summed E-state index contributed by atoms with van der Waals surface area (Å²) >= 11 is 0. The van der Waals surface area contributed by atoms with Gasteiger partial charge in [0.1, 0.15) is 5.75 Å². The Balaban J connectivity index is 0.00000162. The van der Waals surface area contributed by atoms with Crippen LogP contribution in [0.3, 0.4) is 0 Å². The van der Waals surface area contributed by atoms with Gasteiger partial charge < -0.3 is 15.8 Å². The third-order valence-electron chi connectivity index (χ3n) is 2.88. The molecule has 1 aromatic rings. The van der Waals surface area contributed by atoms with E-state index in [0.717, 1.165) is 0 Å². The monoisotopic (exact) mass is 270 g/mol. The summed E-state index contributed by atoms with van der Waals surface area (Å²) in [6, 6.07) is 9.39. The minimum Gasteiger partial charge on any atom is -0.484 e. The average molecular weight is 271 g/mol. The highest BCUT2D eigenvalue weighted by Crippen LogP contribution is 2.31. The number of benzene rings is 1. The van der Waals surface area contributed by atoms with E-state index >= 15 is 0 Å². The molecule has 0 radical (unpaired) electrons. The molecule has 0 aliphatic heterocycles. The number of ether oxygens (including phenoxy) is 1. The second-order valence-corrected chi connectivity index (χ2v) is 4.41. The zero-order valence-corrected chi connectivity index (χ0v) is 11.0. The van der Waals surface area contributed by atoms with E-state index < -0.39 is 0 Å². The average Bonchev–Trinajstić information content (AvgIpc) is 3.19. The molecule has 0 saturated heterocycles.